The minimum atomic E-state index is -0.108. The van der Waals surface area contributed by atoms with Gasteiger partial charge in [-0.2, -0.15) is 0 Å². The van der Waals surface area contributed by atoms with E-state index < -0.39 is 0 Å². The molecule has 2 aromatic heterocycles. The standard InChI is InChI=1S/C14H11ClN2O2S/c1-16-9-4-3-8(7-10(9)17(2)14(16)19)13(18)11-5-6-12(15)20-11/h3-7H,1-2H3. The normalized spacial score (nSPS) is 11.2. The van der Waals surface area contributed by atoms with E-state index in [1.807, 2.05) is 0 Å². The van der Waals surface area contributed by atoms with Crippen molar-refractivity contribution in [3.8, 4) is 0 Å². The van der Waals surface area contributed by atoms with Gasteiger partial charge in [-0.05, 0) is 30.3 Å². The molecule has 0 fully saturated rings. The number of ketones is 1. The molecule has 20 heavy (non-hydrogen) atoms. The molecule has 0 spiro atoms. The van der Waals surface area contributed by atoms with Crippen molar-refractivity contribution >= 4 is 39.8 Å². The number of carbonyl (C=O) groups excluding carboxylic acids is 1. The van der Waals surface area contributed by atoms with Gasteiger partial charge in [-0.1, -0.05) is 11.6 Å². The fourth-order valence-corrected chi connectivity index (χ4v) is 3.23. The summed E-state index contributed by atoms with van der Waals surface area (Å²) in [4.78, 5) is 24.8. The van der Waals surface area contributed by atoms with Gasteiger partial charge in [0, 0.05) is 19.7 Å². The highest BCUT2D eigenvalue weighted by Gasteiger charge is 2.14. The van der Waals surface area contributed by atoms with E-state index in [4.69, 9.17) is 11.6 Å². The molecule has 0 radical (unpaired) electrons. The molecule has 3 rings (SSSR count). The first kappa shape index (κ1) is 13.1. The van der Waals surface area contributed by atoms with Crippen LogP contribution in [-0.4, -0.2) is 14.9 Å². The highest BCUT2D eigenvalue weighted by molar-refractivity contribution is 7.18. The second-order valence-corrected chi connectivity index (χ2v) is 6.25. The lowest BCUT2D eigenvalue weighted by molar-refractivity contribution is 0.104. The van der Waals surface area contributed by atoms with Crippen LogP contribution >= 0.6 is 22.9 Å². The second-order valence-electron chi connectivity index (χ2n) is 4.54. The van der Waals surface area contributed by atoms with Crippen molar-refractivity contribution in [3.63, 3.8) is 0 Å². The van der Waals surface area contributed by atoms with Gasteiger partial charge in [-0.15, -0.1) is 11.3 Å². The van der Waals surface area contributed by atoms with Crippen molar-refractivity contribution in [1.29, 1.82) is 0 Å². The van der Waals surface area contributed by atoms with Crippen LogP contribution in [0.4, 0.5) is 0 Å². The van der Waals surface area contributed by atoms with Gasteiger partial charge < -0.3 is 0 Å². The summed E-state index contributed by atoms with van der Waals surface area (Å²) in [5.74, 6) is -0.0832. The van der Waals surface area contributed by atoms with Gasteiger partial charge >= 0.3 is 5.69 Å². The minimum Gasteiger partial charge on any atom is -0.295 e. The number of aryl methyl sites for hydroxylation is 2. The number of aromatic nitrogens is 2. The van der Waals surface area contributed by atoms with Crippen molar-refractivity contribution in [2.45, 2.75) is 0 Å². The first-order valence-electron chi connectivity index (χ1n) is 5.94. The molecule has 0 aliphatic rings. The quantitative estimate of drug-likeness (QED) is 0.683. The van der Waals surface area contributed by atoms with Crippen molar-refractivity contribution < 1.29 is 4.79 Å². The van der Waals surface area contributed by atoms with E-state index in [1.54, 1.807) is 49.0 Å². The number of imidazole rings is 1. The summed E-state index contributed by atoms with van der Waals surface area (Å²) in [5, 5.41) is 0. The van der Waals surface area contributed by atoms with E-state index in [0.29, 0.717) is 14.8 Å². The number of rotatable bonds is 2. The number of hydrogen-bond acceptors (Lipinski definition) is 3. The van der Waals surface area contributed by atoms with Crippen LogP contribution in [-0.2, 0) is 14.1 Å². The molecule has 0 aliphatic heterocycles. The van der Waals surface area contributed by atoms with Gasteiger partial charge in [0.15, 0.2) is 0 Å². The SMILES string of the molecule is Cn1c(=O)n(C)c2cc(C(=O)c3ccc(Cl)s3)ccc21. The van der Waals surface area contributed by atoms with E-state index in [2.05, 4.69) is 0 Å². The zero-order valence-electron chi connectivity index (χ0n) is 10.9. The maximum Gasteiger partial charge on any atom is 0.328 e. The van der Waals surface area contributed by atoms with Crippen LogP contribution < -0.4 is 5.69 Å². The first-order valence-corrected chi connectivity index (χ1v) is 7.14. The van der Waals surface area contributed by atoms with Crippen molar-refractivity contribution in [3.05, 3.63) is 55.6 Å². The van der Waals surface area contributed by atoms with E-state index in [9.17, 15) is 9.59 Å². The van der Waals surface area contributed by atoms with Gasteiger partial charge in [0.05, 0.1) is 20.2 Å². The summed E-state index contributed by atoms with van der Waals surface area (Å²) < 4.78 is 3.68. The van der Waals surface area contributed by atoms with Crippen LogP contribution in [0.2, 0.25) is 4.34 Å². The summed E-state index contributed by atoms with van der Waals surface area (Å²) in [5.41, 5.74) is 1.99. The largest absolute Gasteiger partial charge is 0.328 e. The molecule has 0 saturated heterocycles. The molecule has 0 atom stereocenters. The van der Waals surface area contributed by atoms with E-state index in [-0.39, 0.29) is 11.5 Å². The summed E-state index contributed by atoms with van der Waals surface area (Å²) in [6.07, 6.45) is 0. The number of thiophene rings is 1. The summed E-state index contributed by atoms with van der Waals surface area (Å²) in [6.45, 7) is 0. The van der Waals surface area contributed by atoms with Crippen molar-refractivity contribution in [2.24, 2.45) is 14.1 Å². The van der Waals surface area contributed by atoms with Gasteiger partial charge in [-0.3, -0.25) is 13.9 Å². The predicted octanol–water partition coefficient (Wildman–Crippen LogP) is 2.82. The van der Waals surface area contributed by atoms with Crippen LogP contribution in [0.15, 0.2) is 35.1 Å². The van der Waals surface area contributed by atoms with Gasteiger partial charge in [0.1, 0.15) is 0 Å². The molecule has 2 heterocycles. The van der Waals surface area contributed by atoms with Crippen LogP contribution in [0.3, 0.4) is 0 Å². The highest BCUT2D eigenvalue weighted by atomic mass is 35.5. The summed E-state index contributed by atoms with van der Waals surface area (Å²) in [6, 6.07) is 8.68. The molecule has 4 nitrogen and oxygen atoms in total. The summed E-state index contributed by atoms with van der Waals surface area (Å²) in [7, 11) is 3.41. The molecule has 3 aromatic rings. The molecule has 0 unspecified atom stereocenters. The van der Waals surface area contributed by atoms with Crippen LogP contribution in [0.25, 0.3) is 11.0 Å². The highest BCUT2D eigenvalue weighted by Crippen LogP contribution is 2.25. The maximum absolute atomic E-state index is 12.4. The van der Waals surface area contributed by atoms with Crippen LogP contribution in [0.5, 0.6) is 0 Å². The molecule has 102 valence electrons. The number of benzene rings is 1. The smallest absolute Gasteiger partial charge is 0.295 e. The van der Waals surface area contributed by atoms with Crippen LogP contribution in [0, 0.1) is 0 Å². The third kappa shape index (κ3) is 1.90. The van der Waals surface area contributed by atoms with E-state index in [0.717, 1.165) is 11.0 Å². The lowest BCUT2D eigenvalue weighted by Crippen LogP contribution is -2.19. The van der Waals surface area contributed by atoms with E-state index in [1.165, 1.54) is 15.9 Å². The zero-order valence-corrected chi connectivity index (χ0v) is 12.5. The Morgan fingerprint density at radius 2 is 1.80 bits per heavy atom. The Kier molecular flexibility index (Phi) is 3.03. The molecule has 0 saturated carbocycles. The Morgan fingerprint density at radius 1 is 1.10 bits per heavy atom. The molecular weight excluding hydrogens is 296 g/mol. The topological polar surface area (TPSA) is 44.0 Å². The molecule has 0 N–H and O–H groups in total. The van der Waals surface area contributed by atoms with E-state index >= 15 is 0 Å². The number of carbonyl (C=O) groups is 1. The Balaban J connectivity index is 2.16. The number of fused-ring (bicyclic) bond motifs is 1. The van der Waals surface area contributed by atoms with Crippen molar-refractivity contribution in [1.82, 2.24) is 9.13 Å². The molecule has 1 aromatic carbocycles. The molecule has 6 heteroatoms. The lowest BCUT2D eigenvalue weighted by atomic mass is 10.1. The minimum absolute atomic E-state index is 0.0832. The Morgan fingerprint density at radius 3 is 2.45 bits per heavy atom. The predicted molar refractivity (Wildman–Crippen MR) is 80.9 cm³/mol. The molecular formula is C14H11ClN2O2S. The van der Waals surface area contributed by atoms with Gasteiger partial charge in [0.2, 0.25) is 5.78 Å². The average molecular weight is 307 g/mol. The summed E-state index contributed by atoms with van der Waals surface area (Å²) >= 11 is 7.10. The average Bonchev–Trinajstić information content (AvgIpc) is 2.97. The Labute approximate surface area is 123 Å². The molecule has 0 aliphatic carbocycles. The molecule has 0 amide bonds. The third-order valence-corrected chi connectivity index (χ3v) is 4.56. The third-order valence-electron chi connectivity index (χ3n) is 3.33. The second kappa shape index (κ2) is 4.61. The Hall–Kier alpha value is -1.85. The van der Waals surface area contributed by atoms with Gasteiger partial charge in [-0.25, -0.2) is 4.79 Å². The zero-order chi connectivity index (χ0) is 14.4. The molecule has 0 bridgehead atoms. The Bertz CT molecular complexity index is 888. The monoisotopic (exact) mass is 306 g/mol. The van der Waals surface area contributed by atoms with Crippen molar-refractivity contribution in [2.75, 3.05) is 0 Å². The fourth-order valence-electron chi connectivity index (χ4n) is 2.23. The number of halogens is 1. The fraction of sp³-hybridized carbons (Fsp3) is 0.143. The number of hydrogen-bond donors (Lipinski definition) is 0. The number of nitrogens with zero attached hydrogens (tertiary/aromatic N) is 2. The van der Waals surface area contributed by atoms with Gasteiger partial charge in [0.25, 0.3) is 0 Å². The van der Waals surface area contributed by atoms with Crippen LogP contribution in [0.1, 0.15) is 15.2 Å². The first-order chi connectivity index (χ1) is 9.49. The maximum atomic E-state index is 12.4. The lowest BCUT2D eigenvalue weighted by Gasteiger charge is -2.00.